The predicted octanol–water partition coefficient (Wildman–Crippen LogP) is 3.09. The van der Waals surface area contributed by atoms with Crippen LogP contribution in [0.1, 0.15) is 33.1 Å². The fourth-order valence-corrected chi connectivity index (χ4v) is 2.92. The summed E-state index contributed by atoms with van der Waals surface area (Å²) < 4.78 is 23.1. The molecule has 0 spiro atoms. The van der Waals surface area contributed by atoms with E-state index in [9.17, 15) is 8.42 Å². The SMILES string of the molecule is CCCC(CC)Nc1ccc(S(N)(=O)=O)cc1Br. The first-order chi connectivity index (χ1) is 8.38. The molecule has 0 aliphatic carbocycles. The Kier molecular flexibility index (Phi) is 5.62. The third-order valence-electron chi connectivity index (χ3n) is 2.76. The molecule has 1 aromatic rings. The highest BCUT2D eigenvalue weighted by atomic mass is 79.9. The standard InChI is InChI=1S/C12H19BrN2O2S/c1-3-5-9(4-2)15-12-7-6-10(8-11(12)13)18(14,16)17/h6-9,15H,3-5H2,1-2H3,(H2,14,16,17). The average molecular weight is 335 g/mol. The number of nitrogens with one attached hydrogen (secondary N) is 1. The molecule has 0 saturated carbocycles. The Morgan fingerprint density at radius 1 is 1.39 bits per heavy atom. The van der Waals surface area contributed by atoms with Crippen LogP contribution in [-0.4, -0.2) is 14.5 Å². The van der Waals surface area contributed by atoms with E-state index in [-0.39, 0.29) is 4.90 Å². The van der Waals surface area contributed by atoms with Gasteiger partial charge >= 0.3 is 0 Å². The summed E-state index contributed by atoms with van der Waals surface area (Å²) in [5.74, 6) is 0. The predicted molar refractivity (Wildman–Crippen MR) is 78.1 cm³/mol. The van der Waals surface area contributed by atoms with Gasteiger partial charge in [-0.3, -0.25) is 0 Å². The maximum absolute atomic E-state index is 11.2. The van der Waals surface area contributed by atoms with E-state index in [0.29, 0.717) is 10.5 Å². The van der Waals surface area contributed by atoms with Crippen LogP contribution in [0.5, 0.6) is 0 Å². The molecule has 0 amide bonds. The summed E-state index contributed by atoms with van der Waals surface area (Å²) >= 11 is 3.37. The lowest BCUT2D eigenvalue weighted by Crippen LogP contribution is -2.18. The van der Waals surface area contributed by atoms with Crippen molar-refractivity contribution in [3.63, 3.8) is 0 Å². The van der Waals surface area contributed by atoms with Crippen LogP contribution in [0.25, 0.3) is 0 Å². The Labute approximate surface area is 117 Å². The van der Waals surface area contributed by atoms with Gasteiger partial charge in [0.25, 0.3) is 0 Å². The summed E-state index contributed by atoms with van der Waals surface area (Å²) in [6.45, 7) is 4.27. The quantitative estimate of drug-likeness (QED) is 0.839. The molecule has 1 rings (SSSR count). The lowest BCUT2D eigenvalue weighted by Gasteiger charge is -2.18. The molecular weight excluding hydrogens is 316 g/mol. The second-order valence-corrected chi connectivity index (χ2v) is 6.64. The van der Waals surface area contributed by atoms with E-state index in [1.54, 1.807) is 6.07 Å². The lowest BCUT2D eigenvalue weighted by molar-refractivity contribution is 0.597. The topological polar surface area (TPSA) is 72.2 Å². The van der Waals surface area contributed by atoms with Crippen LogP contribution in [0.15, 0.2) is 27.6 Å². The van der Waals surface area contributed by atoms with Crippen LogP contribution in [0.3, 0.4) is 0 Å². The molecule has 0 heterocycles. The van der Waals surface area contributed by atoms with E-state index in [4.69, 9.17) is 5.14 Å². The van der Waals surface area contributed by atoms with Gasteiger partial charge in [-0.2, -0.15) is 0 Å². The number of halogens is 1. The smallest absolute Gasteiger partial charge is 0.238 e. The van der Waals surface area contributed by atoms with Gasteiger partial charge in [-0.05, 0) is 47.0 Å². The molecule has 1 aromatic carbocycles. The number of benzene rings is 1. The van der Waals surface area contributed by atoms with Gasteiger partial charge in [0.2, 0.25) is 10.0 Å². The molecule has 0 fully saturated rings. The van der Waals surface area contributed by atoms with Gasteiger partial charge < -0.3 is 5.32 Å². The van der Waals surface area contributed by atoms with Gasteiger partial charge in [-0.25, -0.2) is 13.6 Å². The zero-order chi connectivity index (χ0) is 13.8. The summed E-state index contributed by atoms with van der Waals surface area (Å²) in [5, 5.41) is 8.48. The fourth-order valence-electron chi connectivity index (χ4n) is 1.74. The summed E-state index contributed by atoms with van der Waals surface area (Å²) in [6, 6.07) is 5.17. The molecule has 0 bridgehead atoms. The Bertz CT molecular complexity index is 503. The Morgan fingerprint density at radius 2 is 2.06 bits per heavy atom. The molecule has 3 N–H and O–H groups in total. The van der Waals surface area contributed by atoms with Crippen molar-refractivity contribution >= 4 is 31.6 Å². The molecule has 0 radical (unpaired) electrons. The van der Waals surface area contributed by atoms with E-state index in [1.807, 2.05) is 0 Å². The van der Waals surface area contributed by atoms with E-state index >= 15 is 0 Å². The second-order valence-electron chi connectivity index (χ2n) is 4.22. The molecule has 102 valence electrons. The van der Waals surface area contributed by atoms with Crippen LogP contribution in [-0.2, 0) is 10.0 Å². The molecule has 1 unspecified atom stereocenters. The summed E-state index contributed by atoms with van der Waals surface area (Å²) in [7, 11) is -3.64. The van der Waals surface area contributed by atoms with Crippen molar-refractivity contribution in [1.82, 2.24) is 0 Å². The van der Waals surface area contributed by atoms with Gasteiger partial charge in [-0.1, -0.05) is 20.3 Å². The molecule has 18 heavy (non-hydrogen) atoms. The minimum Gasteiger partial charge on any atom is -0.381 e. The number of primary sulfonamides is 1. The number of rotatable bonds is 6. The molecule has 6 heteroatoms. The third kappa shape index (κ3) is 4.26. The molecule has 4 nitrogen and oxygen atoms in total. The average Bonchev–Trinajstić information content (AvgIpc) is 2.29. The maximum Gasteiger partial charge on any atom is 0.238 e. The molecule has 0 saturated heterocycles. The fraction of sp³-hybridized carbons (Fsp3) is 0.500. The van der Waals surface area contributed by atoms with Crippen LogP contribution in [0.2, 0.25) is 0 Å². The van der Waals surface area contributed by atoms with Crippen LogP contribution >= 0.6 is 15.9 Å². The van der Waals surface area contributed by atoms with Crippen molar-refractivity contribution < 1.29 is 8.42 Å². The minimum atomic E-state index is -3.64. The van der Waals surface area contributed by atoms with Crippen molar-refractivity contribution in [2.75, 3.05) is 5.32 Å². The number of nitrogens with two attached hydrogens (primary N) is 1. The third-order valence-corrected chi connectivity index (χ3v) is 4.33. The summed E-state index contributed by atoms with van der Waals surface area (Å²) in [6.07, 6.45) is 3.22. The maximum atomic E-state index is 11.2. The highest BCUT2D eigenvalue weighted by molar-refractivity contribution is 9.10. The van der Waals surface area contributed by atoms with Gasteiger partial charge in [-0.15, -0.1) is 0 Å². The number of hydrogen-bond acceptors (Lipinski definition) is 3. The molecule has 0 aromatic heterocycles. The number of sulfonamides is 1. The normalized spacial score (nSPS) is 13.3. The van der Waals surface area contributed by atoms with Crippen molar-refractivity contribution in [1.29, 1.82) is 0 Å². The Balaban J connectivity index is 2.92. The van der Waals surface area contributed by atoms with Gasteiger partial charge in [0.1, 0.15) is 0 Å². The Morgan fingerprint density at radius 3 is 2.50 bits per heavy atom. The molecular formula is C12H19BrN2O2S. The van der Waals surface area contributed by atoms with Gasteiger partial charge in [0.15, 0.2) is 0 Å². The van der Waals surface area contributed by atoms with E-state index in [1.165, 1.54) is 12.1 Å². The van der Waals surface area contributed by atoms with Crippen molar-refractivity contribution in [3.05, 3.63) is 22.7 Å². The summed E-state index contributed by atoms with van der Waals surface area (Å²) in [4.78, 5) is 0.114. The van der Waals surface area contributed by atoms with Crippen molar-refractivity contribution in [2.45, 2.75) is 44.0 Å². The van der Waals surface area contributed by atoms with Gasteiger partial charge in [0, 0.05) is 16.2 Å². The van der Waals surface area contributed by atoms with Crippen LogP contribution in [0.4, 0.5) is 5.69 Å². The van der Waals surface area contributed by atoms with E-state index in [2.05, 4.69) is 35.1 Å². The highest BCUT2D eigenvalue weighted by Gasteiger charge is 2.12. The first-order valence-corrected chi connectivity index (χ1v) is 8.31. The minimum absolute atomic E-state index is 0.114. The van der Waals surface area contributed by atoms with Crippen LogP contribution < -0.4 is 10.5 Å². The van der Waals surface area contributed by atoms with E-state index in [0.717, 1.165) is 24.9 Å². The van der Waals surface area contributed by atoms with E-state index < -0.39 is 10.0 Å². The van der Waals surface area contributed by atoms with Crippen molar-refractivity contribution in [3.8, 4) is 0 Å². The zero-order valence-electron chi connectivity index (χ0n) is 10.6. The number of anilines is 1. The van der Waals surface area contributed by atoms with Crippen molar-refractivity contribution in [2.24, 2.45) is 5.14 Å². The first-order valence-electron chi connectivity index (χ1n) is 5.97. The number of hydrogen-bond donors (Lipinski definition) is 2. The largest absolute Gasteiger partial charge is 0.381 e. The Hall–Kier alpha value is -0.590. The molecule has 0 aliphatic rings. The molecule has 1 atom stereocenters. The lowest BCUT2D eigenvalue weighted by atomic mass is 10.1. The highest BCUT2D eigenvalue weighted by Crippen LogP contribution is 2.26. The second kappa shape index (κ2) is 6.54. The van der Waals surface area contributed by atoms with Gasteiger partial charge in [0.05, 0.1) is 4.90 Å². The zero-order valence-corrected chi connectivity index (χ0v) is 13.0. The summed E-state index contributed by atoms with van der Waals surface area (Å²) in [5.41, 5.74) is 0.891. The van der Waals surface area contributed by atoms with Crippen LogP contribution in [0, 0.1) is 0 Å². The monoisotopic (exact) mass is 334 g/mol. The first kappa shape index (κ1) is 15.5. The molecule has 0 aliphatic heterocycles.